The molecule has 0 fully saturated rings. The summed E-state index contributed by atoms with van der Waals surface area (Å²) in [6, 6.07) is 0.129. The molecule has 0 bridgehead atoms. The van der Waals surface area contributed by atoms with E-state index in [0.717, 1.165) is 11.4 Å². The molecule has 1 atom stereocenters. The van der Waals surface area contributed by atoms with Crippen LogP contribution >= 0.6 is 11.6 Å². The van der Waals surface area contributed by atoms with Gasteiger partial charge in [-0.15, -0.1) is 0 Å². The van der Waals surface area contributed by atoms with Crippen LogP contribution in [0.4, 0.5) is 5.82 Å². The zero-order valence-electron chi connectivity index (χ0n) is 9.21. The van der Waals surface area contributed by atoms with Crippen LogP contribution in [0.3, 0.4) is 0 Å². The highest BCUT2D eigenvalue weighted by molar-refractivity contribution is 6.31. The van der Waals surface area contributed by atoms with Crippen molar-refractivity contribution >= 4 is 17.4 Å². The minimum Gasteiger partial charge on any atom is -0.396 e. The predicted octanol–water partition coefficient (Wildman–Crippen LogP) is 1.93. The fourth-order valence-corrected chi connectivity index (χ4v) is 1.39. The zero-order chi connectivity index (χ0) is 11.4. The Morgan fingerprint density at radius 2 is 1.93 bits per heavy atom. The summed E-state index contributed by atoms with van der Waals surface area (Å²) in [7, 11) is 0. The highest BCUT2D eigenvalue weighted by Gasteiger charge is 2.09. The number of hydrogen-bond donors (Lipinski definition) is 2. The molecule has 0 spiro atoms. The average Bonchev–Trinajstić information content (AvgIpc) is 2.14. The van der Waals surface area contributed by atoms with Crippen molar-refractivity contribution in [2.45, 2.75) is 33.2 Å². The Morgan fingerprint density at radius 1 is 1.33 bits per heavy atom. The number of nitrogens with zero attached hydrogens (tertiary/aromatic N) is 2. The number of hydrogen-bond acceptors (Lipinski definition) is 4. The molecule has 1 rings (SSSR count). The Labute approximate surface area is 94.7 Å². The fraction of sp³-hybridized carbons (Fsp3) is 0.600. The number of aromatic nitrogens is 2. The summed E-state index contributed by atoms with van der Waals surface area (Å²) in [6.07, 6.45) is 0.658. The van der Waals surface area contributed by atoms with E-state index in [1.165, 1.54) is 0 Å². The topological polar surface area (TPSA) is 58.0 Å². The fourth-order valence-electron chi connectivity index (χ4n) is 1.17. The van der Waals surface area contributed by atoms with Crippen LogP contribution in [0.5, 0.6) is 0 Å². The Morgan fingerprint density at radius 3 is 2.53 bits per heavy atom. The van der Waals surface area contributed by atoms with Crippen LogP contribution in [-0.2, 0) is 0 Å². The Bertz CT molecular complexity index is 344. The largest absolute Gasteiger partial charge is 0.396 e. The smallest absolute Gasteiger partial charge is 0.171 e. The minimum atomic E-state index is 0.129. The van der Waals surface area contributed by atoms with E-state index < -0.39 is 0 Å². The van der Waals surface area contributed by atoms with E-state index in [1.54, 1.807) is 0 Å². The molecular weight excluding hydrogens is 214 g/mol. The molecule has 0 aromatic carbocycles. The molecule has 0 amide bonds. The summed E-state index contributed by atoms with van der Waals surface area (Å²) >= 11 is 5.95. The van der Waals surface area contributed by atoms with Crippen molar-refractivity contribution in [3.05, 3.63) is 16.5 Å². The van der Waals surface area contributed by atoms with Crippen LogP contribution in [0.25, 0.3) is 0 Å². The van der Waals surface area contributed by atoms with Crippen LogP contribution in [0.2, 0.25) is 5.15 Å². The molecule has 0 aliphatic rings. The standard InChI is InChI=1S/C10H16ClN3O/c1-6(4-5-15)12-10-9(11)13-7(2)8(3)14-10/h6,15H,4-5H2,1-3H3,(H,12,14). The minimum absolute atomic E-state index is 0.129. The molecular formula is C10H16ClN3O. The summed E-state index contributed by atoms with van der Waals surface area (Å²) in [5.41, 5.74) is 1.69. The molecule has 1 unspecified atom stereocenters. The lowest BCUT2D eigenvalue weighted by Gasteiger charge is -2.14. The van der Waals surface area contributed by atoms with Crippen molar-refractivity contribution in [1.29, 1.82) is 0 Å². The van der Waals surface area contributed by atoms with Crippen molar-refractivity contribution < 1.29 is 5.11 Å². The number of halogens is 1. The molecule has 0 radical (unpaired) electrons. The lowest BCUT2D eigenvalue weighted by molar-refractivity contribution is 0.282. The maximum atomic E-state index is 8.77. The quantitative estimate of drug-likeness (QED) is 0.829. The molecule has 0 aliphatic carbocycles. The van der Waals surface area contributed by atoms with Crippen LogP contribution in [0.15, 0.2) is 0 Å². The third kappa shape index (κ3) is 3.32. The number of aliphatic hydroxyl groups is 1. The highest BCUT2D eigenvalue weighted by atomic mass is 35.5. The molecule has 0 saturated carbocycles. The van der Waals surface area contributed by atoms with Gasteiger partial charge in [0.25, 0.3) is 0 Å². The van der Waals surface area contributed by atoms with Crippen LogP contribution in [0, 0.1) is 13.8 Å². The van der Waals surface area contributed by atoms with Gasteiger partial charge in [0.2, 0.25) is 0 Å². The van der Waals surface area contributed by atoms with Crippen LogP contribution in [-0.4, -0.2) is 27.7 Å². The third-order valence-corrected chi connectivity index (χ3v) is 2.47. The highest BCUT2D eigenvalue weighted by Crippen LogP contribution is 2.19. The second-order valence-electron chi connectivity index (χ2n) is 3.59. The van der Waals surface area contributed by atoms with Gasteiger partial charge in [-0.2, -0.15) is 0 Å². The number of rotatable bonds is 4. The van der Waals surface area contributed by atoms with E-state index in [9.17, 15) is 0 Å². The third-order valence-electron chi connectivity index (χ3n) is 2.21. The Balaban J connectivity index is 2.81. The van der Waals surface area contributed by atoms with E-state index in [1.807, 2.05) is 20.8 Å². The van der Waals surface area contributed by atoms with E-state index in [4.69, 9.17) is 16.7 Å². The maximum absolute atomic E-state index is 8.77. The first-order valence-corrected chi connectivity index (χ1v) is 5.30. The number of aliphatic hydroxyl groups excluding tert-OH is 1. The molecule has 84 valence electrons. The van der Waals surface area contributed by atoms with Gasteiger partial charge in [0.15, 0.2) is 11.0 Å². The summed E-state index contributed by atoms with van der Waals surface area (Å²) < 4.78 is 0. The molecule has 15 heavy (non-hydrogen) atoms. The summed E-state index contributed by atoms with van der Waals surface area (Å²) in [5, 5.41) is 12.3. The summed E-state index contributed by atoms with van der Waals surface area (Å²) in [4.78, 5) is 8.47. The second kappa shape index (κ2) is 5.28. The molecule has 4 nitrogen and oxygen atoms in total. The first kappa shape index (κ1) is 12.2. The summed E-state index contributed by atoms with van der Waals surface area (Å²) in [6.45, 7) is 5.86. The van der Waals surface area contributed by atoms with Gasteiger partial charge in [-0.25, -0.2) is 9.97 Å². The van der Waals surface area contributed by atoms with Gasteiger partial charge in [-0.1, -0.05) is 11.6 Å². The van der Waals surface area contributed by atoms with Crippen molar-refractivity contribution in [3.63, 3.8) is 0 Å². The Kier molecular flexibility index (Phi) is 4.29. The summed E-state index contributed by atoms with van der Waals surface area (Å²) in [5.74, 6) is 0.584. The van der Waals surface area contributed by atoms with Crippen LogP contribution in [0.1, 0.15) is 24.7 Å². The number of aryl methyl sites for hydroxylation is 2. The zero-order valence-corrected chi connectivity index (χ0v) is 9.97. The van der Waals surface area contributed by atoms with Crippen molar-refractivity contribution in [1.82, 2.24) is 9.97 Å². The van der Waals surface area contributed by atoms with Gasteiger partial charge < -0.3 is 10.4 Å². The van der Waals surface area contributed by atoms with E-state index >= 15 is 0 Å². The first-order chi connectivity index (χ1) is 7.04. The van der Waals surface area contributed by atoms with Gasteiger partial charge >= 0.3 is 0 Å². The van der Waals surface area contributed by atoms with Gasteiger partial charge in [-0.05, 0) is 27.2 Å². The molecule has 1 aromatic heterocycles. The van der Waals surface area contributed by atoms with Crippen molar-refractivity contribution in [2.75, 3.05) is 11.9 Å². The molecule has 0 saturated heterocycles. The lowest BCUT2D eigenvalue weighted by Crippen LogP contribution is -2.18. The van der Waals surface area contributed by atoms with E-state index in [-0.39, 0.29) is 12.6 Å². The SMILES string of the molecule is Cc1nc(Cl)c(NC(C)CCO)nc1C. The van der Waals surface area contributed by atoms with Crippen molar-refractivity contribution in [2.24, 2.45) is 0 Å². The molecule has 5 heteroatoms. The van der Waals surface area contributed by atoms with Crippen molar-refractivity contribution in [3.8, 4) is 0 Å². The molecule has 2 N–H and O–H groups in total. The molecule has 1 aromatic rings. The maximum Gasteiger partial charge on any atom is 0.171 e. The second-order valence-corrected chi connectivity index (χ2v) is 3.95. The number of anilines is 1. The normalized spacial score (nSPS) is 12.6. The van der Waals surface area contributed by atoms with Gasteiger partial charge in [0, 0.05) is 12.6 Å². The Hall–Kier alpha value is -0.870. The van der Waals surface area contributed by atoms with Crippen LogP contribution < -0.4 is 5.32 Å². The van der Waals surface area contributed by atoms with E-state index in [2.05, 4.69) is 15.3 Å². The van der Waals surface area contributed by atoms with Gasteiger partial charge in [-0.3, -0.25) is 0 Å². The monoisotopic (exact) mass is 229 g/mol. The predicted molar refractivity (Wildman–Crippen MR) is 61.3 cm³/mol. The van der Waals surface area contributed by atoms with E-state index in [0.29, 0.717) is 17.4 Å². The first-order valence-electron chi connectivity index (χ1n) is 4.92. The average molecular weight is 230 g/mol. The molecule has 0 aliphatic heterocycles. The molecule has 1 heterocycles. The van der Waals surface area contributed by atoms with Gasteiger partial charge in [0.1, 0.15) is 0 Å². The lowest BCUT2D eigenvalue weighted by atomic mass is 10.2. The van der Waals surface area contributed by atoms with Gasteiger partial charge in [0.05, 0.1) is 11.4 Å². The number of nitrogens with one attached hydrogen (secondary N) is 1.